The standard InChI is InChI=1S/C38H44F2N6O4/c39-29-21-31(35-41-33(43-49-35)15-7-13-25-9-3-1-4-10-25)45(23-29)37(47)27-17-19-28(20-18-27)38(48)46-24-30(40)22-32(46)36-42-34(44-50-36)16-8-14-26-11-5-2-6-12-26/h1-6,9-12,27-32H,7-8,13-24H2/t27?,28?,29-,30-,31+,32+/m1/s1. The second kappa shape index (κ2) is 15.6. The lowest BCUT2D eigenvalue weighted by molar-refractivity contribution is -0.143. The molecule has 1 aliphatic carbocycles. The van der Waals surface area contributed by atoms with Crippen molar-refractivity contribution in [2.24, 2.45) is 11.8 Å². The number of amides is 2. The van der Waals surface area contributed by atoms with Crippen molar-refractivity contribution in [3.05, 3.63) is 95.2 Å². The Labute approximate surface area is 290 Å². The Hall–Kier alpha value is -4.48. The van der Waals surface area contributed by atoms with E-state index < -0.39 is 24.4 Å². The molecule has 3 aliphatic rings. The predicted octanol–water partition coefficient (Wildman–Crippen LogP) is 6.53. The molecule has 12 heteroatoms. The van der Waals surface area contributed by atoms with E-state index in [4.69, 9.17) is 9.05 Å². The van der Waals surface area contributed by atoms with Crippen LogP contribution >= 0.6 is 0 Å². The highest BCUT2D eigenvalue weighted by Crippen LogP contribution is 2.40. The highest BCUT2D eigenvalue weighted by atomic mass is 19.1. The van der Waals surface area contributed by atoms with E-state index in [9.17, 15) is 18.4 Å². The molecule has 3 fully saturated rings. The van der Waals surface area contributed by atoms with E-state index in [1.165, 1.54) is 11.1 Å². The van der Waals surface area contributed by atoms with Crippen LogP contribution in [-0.4, -0.2) is 67.3 Å². The summed E-state index contributed by atoms with van der Waals surface area (Å²) >= 11 is 0. The third-order valence-electron chi connectivity index (χ3n) is 10.4. The summed E-state index contributed by atoms with van der Waals surface area (Å²) in [7, 11) is 0. The number of carbonyl (C=O) groups is 2. The maximum atomic E-state index is 14.7. The van der Waals surface area contributed by atoms with Crippen LogP contribution in [0.3, 0.4) is 0 Å². The van der Waals surface area contributed by atoms with Crippen molar-refractivity contribution in [1.29, 1.82) is 0 Å². The van der Waals surface area contributed by atoms with E-state index in [1.807, 2.05) is 36.4 Å². The van der Waals surface area contributed by atoms with Crippen LogP contribution in [0, 0.1) is 11.8 Å². The summed E-state index contributed by atoms with van der Waals surface area (Å²) in [6.45, 7) is -0.0281. The van der Waals surface area contributed by atoms with Gasteiger partial charge in [0.05, 0.1) is 13.1 Å². The molecule has 4 atom stereocenters. The zero-order chi connectivity index (χ0) is 34.5. The van der Waals surface area contributed by atoms with Crippen LogP contribution in [-0.2, 0) is 35.3 Å². The molecule has 0 unspecified atom stereocenters. The predicted molar refractivity (Wildman–Crippen MR) is 179 cm³/mol. The second-order valence-corrected chi connectivity index (χ2v) is 14.0. The number of aromatic nitrogens is 4. The van der Waals surface area contributed by atoms with Crippen LogP contribution in [0.5, 0.6) is 0 Å². The van der Waals surface area contributed by atoms with E-state index in [0.29, 0.717) is 50.2 Å². The number of rotatable bonds is 12. The number of nitrogens with zero attached hydrogens (tertiary/aromatic N) is 6. The number of likely N-dealkylation sites (tertiary alicyclic amines) is 2. The summed E-state index contributed by atoms with van der Waals surface area (Å²) in [5, 5.41) is 8.24. The Balaban J connectivity index is 0.912. The summed E-state index contributed by atoms with van der Waals surface area (Å²) in [5.41, 5.74) is 2.47. The summed E-state index contributed by atoms with van der Waals surface area (Å²) in [4.78, 5) is 39.7. The number of halogens is 2. The maximum absolute atomic E-state index is 14.7. The number of hydrogen-bond acceptors (Lipinski definition) is 8. The van der Waals surface area contributed by atoms with Crippen molar-refractivity contribution < 1.29 is 27.4 Å². The van der Waals surface area contributed by atoms with Gasteiger partial charge in [0.2, 0.25) is 23.6 Å². The van der Waals surface area contributed by atoms with E-state index in [1.54, 1.807) is 9.80 Å². The third kappa shape index (κ3) is 7.94. The van der Waals surface area contributed by atoms with Gasteiger partial charge in [-0.15, -0.1) is 0 Å². The minimum atomic E-state index is -1.18. The molecule has 50 heavy (non-hydrogen) atoms. The normalized spacial score (nSPS) is 25.3. The molecule has 264 valence electrons. The van der Waals surface area contributed by atoms with Gasteiger partial charge in [0.1, 0.15) is 24.4 Å². The number of carbonyl (C=O) groups excluding carboxylic acids is 2. The number of alkyl halides is 2. The molecule has 0 bridgehead atoms. The largest absolute Gasteiger partial charge is 0.337 e. The number of hydrogen-bond donors (Lipinski definition) is 0. The van der Waals surface area contributed by atoms with Crippen molar-refractivity contribution in [3.8, 4) is 0 Å². The quantitative estimate of drug-likeness (QED) is 0.165. The first-order chi connectivity index (χ1) is 24.4. The van der Waals surface area contributed by atoms with Crippen molar-refractivity contribution in [2.45, 2.75) is 101 Å². The first-order valence-electron chi connectivity index (χ1n) is 18.0. The van der Waals surface area contributed by atoms with Crippen molar-refractivity contribution >= 4 is 11.8 Å². The van der Waals surface area contributed by atoms with E-state index in [-0.39, 0.29) is 61.4 Å². The first kappa shape index (κ1) is 34.0. The molecular formula is C38H44F2N6O4. The van der Waals surface area contributed by atoms with Gasteiger partial charge in [0.15, 0.2) is 11.6 Å². The fourth-order valence-electron chi connectivity index (χ4n) is 7.78. The lowest BCUT2D eigenvalue weighted by atomic mass is 9.80. The third-order valence-corrected chi connectivity index (χ3v) is 10.4. The van der Waals surface area contributed by atoms with Gasteiger partial charge in [0, 0.05) is 37.5 Å². The molecule has 2 aromatic carbocycles. The van der Waals surface area contributed by atoms with Gasteiger partial charge < -0.3 is 18.8 Å². The molecule has 2 amide bonds. The van der Waals surface area contributed by atoms with E-state index in [2.05, 4.69) is 44.5 Å². The minimum absolute atomic E-state index is 0.0140. The van der Waals surface area contributed by atoms with Crippen LogP contribution in [0.1, 0.15) is 98.0 Å². The Morgan fingerprint density at radius 3 is 1.42 bits per heavy atom. The zero-order valence-electron chi connectivity index (χ0n) is 28.2. The van der Waals surface area contributed by atoms with Gasteiger partial charge in [-0.05, 0) is 62.5 Å². The van der Waals surface area contributed by atoms with Crippen LogP contribution in [0.2, 0.25) is 0 Å². The van der Waals surface area contributed by atoms with Gasteiger partial charge in [-0.1, -0.05) is 71.0 Å². The Kier molecular flexibility index (Phi) is 10.6. The lowest BCUT2D eigenvalue weighted by Gasteiger charge is -2.33. The van der Waals surface area contributed by atoms with Crippen LogP contribution in [0.4, 0.5) is 8.78 Å². The molecule has 10 nitrogen and oxygen atoms in total. The topological polar surface area (TPSA) is 118 Å². The van der Waals surface area contributed by atoms with Gasteiger partial charge in [-0.3, -0.25) is 9.59 Å². The second-order valence-electron chi connectivity index (χ2n) is 14.0. The number of benzene rings is 2. The Morgan fingerprint density at radius 1 is 0.620 bits per heavy atom. The fourth-order valence-corrected chi connectivity index (χ4v) is 7.78. The highest BCUT2D eigenvalue weighted by Gasteiger charge is 2.45. The molecule has 0 radical (unpaired) electrons. The SMILES string of the molecule is O=C(C1CCC(C(=O)N2C[C@H](F)C[C@H]2c2nc(CCCc3ccccc3)no2)CC1)N1C[C@H](F)C[C@H]1c1nc(CCCc2ccccc2)no1. The molecule has 4 heterocycles. The van der Waals surface area contributed by atoms with Crippen LogP contribution in [0.15, 0.2) is 69.7 Å². The van der Waals surface area contributed by atoms with Gasteiger partial charge in [-0.25, -0.2) is 8.78 Å². The molecule has 2 aromatic heterocycles. The molecule has 2 aliphatic heterocycles. The van der Waals surface area contributed by atoms with E-state index >= 15 is 0 Å². The van der Waals surface area contributed by atoms with Gasteiger partial charge in [0.25, 0.3) is 0 Å². The smallest absolute Gasteiger partial charge is 0.249 e. The Bertz CT molecular complexity index is 1580. The van der Waals surface area contributed by atoms with Crippen LogP contribution in [0.25, 0.3) is 0 Å². The highest BCUT2D eigenvalue weighted by molar-refractivity contribution is 5.82. The molecule has 7 rings (SSSR count). The zero-order valence-corrected chi connectivity index (χ0v) is 28.2. The Morgan fingerprint density at radius 2 is 1.02 bits per heavy atom. The molecule has 4 aromatic rings. The van der Waals surface area contributed by atoms with Crippen LogP contribution < -0.4 is 0 Å². The molecular weight excluding hydrogens is 642 g/mol. The molecule has 2 saturated heterocycles. The lowest BCUT2D eigenvalue weighted by Crippen LogP contribution is -2.41. The number of aryl methyl sites for hydroxylation is 4. The van der Waals surface area contributed by atoms with Gasteiger partial charge in [-0.2, -0.15) is 9.97 Å². The molecule has 0 N–H and O–H groups in total. The molecule has 1 saturated carbocycles. The van der Waals surface area contributed by atoms with E-state index in [0.717, 1.165) is 25.7 Å². The maximum Gasteiger partial charge on any atom is 0.249 e. The summed E-state index contributed by atoms with van der Waals surface area (Å²) in [6.07, 6.45) is 4.58. The average molecular weight is 687 g/mol. The summed E-state index contributed by atoms with van der Waals surface area (Å²) < 4.78 is 40.6. The average Bonchev–Trinajstić information content (AvgIpc) is 3.96. The van der Waals surface area contributed by atoms with Crippen molar-refractivity contribution in [3.63, 3.8) is 0 Å². The molecule has 0 spiro atoms. The van der Waals surface area contributed by atoms with Gasteiger partial charge >= 0.3 is 0 Å². The summed E-state index contributed by atoms with van der Waals surface area (Å²) in [6, 6.07) is 19.1. The fraction of sp³-hybridized carbons (Fsp3) is 0.526. The summed E-state index contributed by atoms with van der Waals surface area (Å²) in [5.74, 6) is 0.712. The minimum Gasteiger partial charge on any atom is -0.337 e. The first-order valence-corrected chi connectivity index (χ1v) is 18.0. The van der Waals surface area contributed by atoms with Crippen molar-refractivity contribution in [1.82, 2.24) is 30.1 Å². The monoisotopic (exact) mass is 686 g/mol. The van der Waals surface area contributed by atoms with Crippen molar-refractivity contribution in [2.75, 3.05) is 13.1 Å².